The van der Waals surface area contributed by atoms with Gasteiger partial charge < -0.3 is 15.2 Å². The van der Waals surface area contributed by atoms with E-state index in [0.717, 1.165) is 38.0 Å². The fourth-order valence-electron chi connectivity index (χ4n) is 5.38. The molecule has 1 spiro atoms. The normalized spacial score (nSPS) is 21.9. The number of carbonyl (C=O) groups is 1. The van der Waals surface area contributed by atoms with E-state index < -0.39 is 12.1 Å². The number of methoxy groups -OCH3 is 1. The Morgan fingerprint density at radius 2 is 1.88 bits per heavy atom. The summed E-state index contributed by atoms with van der Waals surface area (Å²) in [6.45, 7) is 2.81. The molecule has 0 bridgehead atoms. The number of para-hydroxylation sites is 1. The number of carbonyl (C=O) groups excluding carboxylic acids is 1. The first kappa shape index (κ1) is 21.2. The zero-order valence-corrected chi connectivity index (χ0v) is 19.0. The van der Waals surface area contributed by atoms with Crippen molar-refractivity contribution in [3.05, 3.63) is 87.6 Å². The Bertz CT molecular complexity index is 1090. The van der Waals surface area contributed by atoms with Crippen LogP contribution < -0.4 is 10.1 Å². The summed E-state index contributed by atoms with van der Waals surface area (Å²) in [4.78, 5) is 17.0. The first-order valence-electron chi connectivity index (χ1n) is 11.1. The molecule has 5 rings (SSSR count). The molecule has 3 aromatic rings. The van der Waals surface area contributed by atoms with Gasteiger partial charge in [0.05, 0.1) is 24.8 Å². The largest absolute Gasteiger partial charge is 0.496 e. The van der Waals surface area contributed by atoms with Crippen molar-refractivity contribution in [2.24, 2.45) is 0 Å². The summed E-state index contributed by atoms with van der Waals surface area (Å²) in [6.07, 6.45) is 1.08. The van der Waals surface area contributed by atoms with Crippen LogP contribution in [0.1, 0.15) is 45.2 Å². The number of aliphatic hydroxyl groups is 1. The highest BCUT2D eigenvalue weighted by Gasteiger charge is 2.53. The smallest absolute Gasteiger partial charge is 0.255 e. The lowest BCUT2D eigenvalue weighted by atomic mass is 9.72. The Morgan fingerprint density at radius 1 is 1.12 bits per heavy atom. The average molecular weight is 449 g/mol. The molecular formula is C26H28N2O3S. The van der Waals surface area contributed by atoms with Crippen LogP contribution in [0.3, 0.4) is 0 Å². The molecule has 6 heteroatoms. The summed E-state index contributed by atoms with van der Waals surface area (Å²) in [5.41, 5.74) is 2.34. The fourth-order valence-corrected chi connectivity index (χ4v) is 6.12. The minimum atomic E-state index is -0.664. The standard InChI is InChI=1S/C26H28N2O3S/c1-31-22-11-5-3-9-20(22)25(30)27-23-19-8-2-4-10-21(19)26(24(23)29)12-14-28(15-13-26)17-18-7-6-16-32-18/h2-11,16,23-24,29H,12-15,17H2,1H3,(H,27,30)/t23-,24+/m0/s1. The van der Waals surface area contributed by atoms with Crippen LogP contribution in [-0.4, -0.2) is 42.2 Å². The number of nitrogens with zero attached hydrogens (tertiary/aromatic N) is 1. The summed E-state index contributed by atoms with van der Waals surface area (Å²) < 4.78 is 5.36. The predicted molar refractivity (Wildman–Crippen MR) is 126 cm³/mol. The lowest BCUT2D eigenvalue weighted by molar-refractivity contribution is 0.0194. The topological polar surface area (TPSA) is 61.8 Å². The van der Waals surface area contributed by atoms with Gasteiger partial charge in [0.2, 0.25) is 0 Å². The number of hydrogen-bond donors (Lipinski definition) is 2. The Labute approximate surface area is 192 Å². The molecule has 2 atom stereocenters. The van der Waals surface area contributed by atoms with Crippen LogP contribution >= 0.6 is 11.3 Å². The molecule has 1 amide bonds. The van der Waals surface area contributed by atoms with Crippen molar-refractivity contribution in [2.45, 2.75) is 36.9 Å². The van der Waals surface area contributed by atoms with Gasteiger partial charge in [-0.15, -0.1) is 11.3 Å². The van der Waals surface area contributed by atoms with E-state index in [1.165, 1.54) is 10.4 Å². The molecule has 2 N–H and O–H groups in total. The maximum atomic E-state index is 13.1. The van der Waals surface area contributed by atoms with Crippen molar-refractivity contribution in [2.75, 3.05) is 20.2 Å². The average Bonchev–Trinajstić information content (AvgIpc) is 3.42. The number of likely N-dealkylation sites (tertiary alicyclic amines) is 1. The number of fused-ring (bicyclic) bond motifs is 2. The van der Waals surface area contributed by atoms with Crippen molar-refractivity contribution in [3.8, 4) is 5.75 Å². The molecule has 0 unspecified atom stereocenters. The van der Waals surface area contributed by atoms with Gasteiger partial charge in [0.25, 0.3) is 5.91 Å². The van der Waals surface area contributed by atoms with Crippen molar-refractivity contribution in [3.63, 3.8) is 0 Å². The Hall–Kier alpha value is -2.67. The number of benzene rings is 2. The maximum absolute atomic E-state index is 13.1. The molecule has 32 heavy (non-hydrogen) atoms. The Balaban J connectivity index is 1.38. The van der Waals surface area contributed by atoms with Gasteiger partial charge in [-0.25, -0.2) is 0 Å². The number of ether oxygens (including phenoxy) is 1. The number of hydrogen-bond acceptors (Lipinski definition) is 5. The third-order valence-electron chi connectivity index (χ3n) is 7.06. The van der Waals surface area contributed by atoms with Crippen LogP contribution in [0.15, 0.2) is 66.0 Å². The molecule has 2 aromatic carbocycles. The van der Waals surface area contributed by atoms with Crippen LogP contribution in [-0.2, 0) is 12.0 Å². The van der Waals surface area contributed by atoms with E-state index in [1.54, 1.807) is 30.6 Å². The van der Waals surface area contributed by atoms with Gasteiger partial charge in [-0.05, 0) is 60.6 Å². The second-order valence-corrected chi connectivity index (χ2v) is 9.73. The monoisotopic (exact) mass is 448 g/mol. The van der Waals surface area contributed by atoms with Crippen molar-refractivity contribution >= 4 is 17.2 Å². The summed E-state index contributed by atoms with van der Waals surface area (Å²) in [5.74, 6) is 0.302. The highest BCUT2D eigenvalue weighted by Crippen LogP contribution is 2.51. The van der Waals surface area contributed by atoms with E-state index in [1.807, 2.05) is 30.3 Å². The molecule has 2 aliphatic rings. The number of thiophene rings is 1. The second kappa shape index (κ2) is 8.70. The first-order valence-corrected chi connectivity index (χ1v) is 12.0. The van der Waals surface area contributed by atoms with Crippen LogP contribution in [0, 0.1) is 0 Å². The summed E-state index contributed by atoms with van der Waals surface area (Å²) in [6, 6.07) is 19.2. The zero-order chi connectivity index (χ0) is 22.1. The lowest BCUT2D eigenvalue weighted by Crippen LogP contribution is -2.49. The molecule has 1 saturated heterocycles. The SMILES string of the molecule is COc1ccccc1C(=O)N[C@H]1c2ccccc2C2(CCN(Cc3cccs3)CC2)[C@@H]1O. The number of amides is 1. The number of piperidine rings is 1. The zero-order valence-electron chi connectivity index (χ0n) is 18.2. The Morgan fingerprint density at radius 3 is 2.62 bits per heavy atom. The molecule has 166 valence electrons. The molecule has 0 radical (unpaired) electrons. The van der Waals surface area contributed by atoms with E-state index in [2.05, 4.69) is 33.8 Å². The molecule has 5 nitrogen and oxygen atoms in total. The maximum Gasteiger partial charge on any atom is 0.255 e. The summed E-state index contributed by atoms with van der Waals surface area (Å²) >= 11 is 1.79. The molecule has 1 aliphatic carbocycles. The van der Waals surface area contributed by atoms with Crippen LogP contribution in [0.2, 0.25) is 0 Å². The van der Waals surface area contributed by atoms with E-state index in [4.69, 9.17) is 4.74 Å². The highest BCUT2D eigenvalue weighted by atomic mass is 32.1. The lowest BCUT2D eigenvalue weighted by Gasteiger charge is -2.42. The minimum Gasteiger partial charge on any atom is -0.496 e. The first-order chi connectivity index (χ1) is 15.6. The summed E-state index contributed by atoms with van der Waals surface area (Å²) in [7, 11) is 1.56. The van der Waals surface area contributed by atoms with Crippen molar-refractivity contribution in [1.29, 1.82) is 0 Å². The van der Waals surface area contributed by atoms with Gasteiger partial charge in [-0.2, -0.15) is 0 Å². The van der Waals surface area contributed by atoms with Crippen LogP contribution in [0.4, 0.5) is 0 Å². The number of nitrogens with one attached hydrogen (secondary N) is 1. The third-order valence-corrected chi connectivity index (χ3v) is 7.92. The Kier molecular flexibility index (Phi) is 5.76. The molecule has 0 saturated carbocycles. The van der Waals surface area contributed by atoms with E-state index in [0.29, 0.717) is 11.3 Å². The molecular weight excluding hydrogens is 420 g/mol. The van der Waals surface area contributed by atoms with Crippen LogP contribution in [0.5, 0.6) is 5.75 Å². The van der Waals surface area contributed by atoms with Gasteiger partial charge in [-0.1, -0.05) is 42.5 Å². The van der Waals surface area contributed by atoms with Crippen molar-refractivity contribution < 1.29 is 14.6 Å². The minimum absolute atomic E-state index is 0.228. The molecule has 1 aliphatic heterocycles. The van der Waals surface area contributed by atoms with Gasteiger partial charge in [0.1, 0.15) is 5.75 Å². The van der Waals surface area contributed by atoms with Crippen molar-refractivity contribution in [1.82, 2.24) is 10.2 Å². The molecule has 1 fully saturated rings. The fraction of sp³-hybridized carbons (Fsp3) is 0.346. The second-order valence-electron chi connectivity index (χ2n) is 8.70. The third kappa shape index (κ3) is 3.62. The quantitative estimate of drug-likeness (QED) is 0.616. The van der Waals surface area contributed by atoms with Gasteiger partial charge in [-0.3, -0.25) is 9.69 Å². The van der Waals surface area contributed by atoms with Gasteiger partial charge >= 0.3 is 0 Å². The summed E-state index contributed by atoms with van der Waals surface area (Å²) in [5, 5.41) is 16.8. The van der Waals surface area contributed by atoms with E-state index in [-0.39, 0.29) is 11.3 Å². The van der Waals surface area contributed by atoms with Crippen LogP contribution in [0.25, 0.3) is 0 Å². The molecule has 2 heterocycles. The van der Waals surface area contributed by atoms with Gasteiger partial charge in [0.15, 0.2) is 0 Å². The highest BCUT2D eigenvalue weighted by molar-refractivity contribution is 7.09. The predicted octanol–water partition coefficient (Wildman–Crippen LogP) is 4.14. The number of rotatable bonds is 5. The van der Waals surface area contributed by atoms with Gasteiger partial charge in [0, 0.05) is 16.8 Å². The molecule has 1 aromatic heterocycles. The van der Waals surface area contributed by atoms with E-state index >= 15 is 0 Å². The van der Waals surface area contributed by atoms with E-state index in [9.17, 15) is 9.90 Å². The number of aliphatic hydroxyl groups excluding tert-OH is 1.